The maximum Gasteiger partial charge on any atom is 0.283 e. The van der Waals surface area contributed by atoms with Gasteiger partial charge >= 0.3 is 0 Å². The highest BCUT2D eigenvalue weighted by molar-refractivity contribution is 14.1. The molecule has 2 aliphatic rings. The van der Waals surface area contributed by atoms with E-state index in [2.05, 4.69) is 4.98 Å². The summed E-state index contributed by atoms with van der Waals surface area (Å²) in [5, 5.41) is 1.31. The van der Waals surface area contributed by atoms with Crippen LogP contribution in [0.3, 0.4) is 0 Å². The molecule has 0 N–H and O–H groups in total. The van der Waals surface area contributed by atoms with Gasteiger partial charge < -0.3 is 4.90 Å². The van der Waals surface area contributed by atoms with Crippen molar-refractivity contribution in [3.63, 3.8) is 0 Å². The van der Waals surface area contributed by atoms with Gasteiger partial charge in [-0.15, -0.1) is 11.3 Å². The second-order valence-corrected chi connectivity index (χ2v) is 6.16. The maximum atomic E-state index is 11.3. The van der Waals surface area contributed by atoms with Crippen LogP contribution in [0, 0.1) is 0 Å². The van der Waals surface area contributed by atoms with Gasteiger partial charge in [-0.3, -0.25) is 4.79 Å². The molecule has 1 aromatic rings. The van der Waals surface area contributed by atoms with Crippen LogP contribution in [0.2, 0.25) is 0 Å². The molecule has 0 aromatic carbocycles. The summed E-state index contributed by atoms with van der Waals surface area (Å²) in [4.78, 5) is 19.2. The Hall–Kier alpha value is -0.170. The molecule has 1 saturated carbocycles. The van der Waals surface area contributed by atoms with Crippen molar-refractivity contribution in [1.82, 2.24) is 9.88 Å². The Morgan fingerprint density at radius 1 is 1.53 bits per heavy atom. The highest BCUT2D eigenvalue weighted by Crippen LogP contribution is 2.43. The van der Waals surface area contributed by atoms with Gasteiger partial charge in [0.2, 0.25) is 0 Å². The Labute approximate surface area is 106 Å². The van der Waals surface area contributed by atoms with Crippen LogP contribution in [-0.4, -0.2) is 20.3 Å². The largest absolute Gasteiger partial charge is 0.329 e. The van der Waals surface area contributed by atoms with E-state index in [0.29, 0.717) is 0 Å². The second kappa shape index (κ2) is 3.69. The average molecular weight is 334 g/mol. The van der Waals surface area contributed by atoms with Gasteiger partial charge in [-0.2, -0.15) is 0 Å². The Kier molecular flexibility index (Phi) is 2.47. The topological polar surface area (TPSA) is 33.2 Å². The van der Waals surface area contributed by atoms with E-state index < -0.39 is 0 Å². The van der Waals surface area contributed by atoms with Crippen LogP contribution in [-0.2, 0) is 13.0 Å². The van der Waals surface area contributed by atoms with Crippen LogP contribution in [0.25, 0.3) is 0 Å². The van der Waals surface area contributed by atoms with Gasteiger partial charge in [0.1, 0.15) is 0 Å². The van der Waals surface area contributed by atoms with Crippen LogP contribution >= 0.6 is 33.9 Å². The molecular weight excluding hydrogens is 323 g/mol. The summed E-state index contributed by atoms with van der Waals surface area (Å²) in [7, 11) is 0. The first-order valence-electron chi connectivity index (χ1n) is 5.17. The molecule has 1 aliphatic heterocycles. The van der Waals surface area contributed by atoms with Crippen molar-refractivity contribution >= 4 is 37.8 Å². The van der Waals surface area contributed by atoms with Crippen LogP contribution in [0.1, 0.15) is 34.3 Å². The molecule has 5 heteroatoms. The Morgan fingerprint density at radius 3 is 3.00 bits per heavy atom. The van der Waals surface area contributed by atoms with Crippen molar-refractivity contribution in [2.45, 2.75) is 31.7 Å². The summed E-state index contributed by atoms with van der Waals surface area (Å²) in [6.07, 6.45) is 3.55. The Bertz CT molecular complexity index is 414. The third kappa shape index (κ3) is 1.91. The minimum absolute atomic E-state index is 0.152. The molecule has 0 radical (unpaired) electrons. The van der Waals surface area contributed by atoms with E-state index in [9.17, 15) is 4.79 Å². The first-order chi connectivity index (χ1) is 7.24. The molecular formula is C10H11IN2OS. The zero-order chi connectivity index (χ0) is 10.4. The lowest BCUT2D eigenvalue weighted by Gasteiger charge is -2.23. The zero-order valence-corrected chi connectivity index (χ0v) is 11.2. The van der Waals surface area contributed by atoms with Crippen molar-refractivity contribution in [2.75, 3.05) is 6.54 Å². The van der Waals surface area contributed by atoms with Crippen molar-refractivity contribution in [3.8, 4) is 0 Å². The monoisotopic (exact) mass is 334 g/mol. The van der Waals surface area contributed by atoms with Gasteiger partial charge in [-0.1, -0.05) is 0 Å². The summed E-state index contributed by atoms with van der Waals surface area (Å²) in [5.41, 5.74) is 1.25. The number of fused-ring (bicyclic) bond motifs is 1. The number of hydrogen-bond acceptors (Lipinski definition) is 3. The van der Waals surface area contributed by atoms with Crippen molar-refractivity contribution in [3.05, 3.63) is 15.6 Å². The normalized spacial score (nSPS) is 20.2. The standard InChI is InChI=1S/C10H11IN2OS/c11-10(14)13-4-3-7-8(5-13)15-9(12-7)6-1-2-6/h6H,1-5H2. The maximum absolute atomic E-state index is 11.3. The lowest BCUT2D eigenvalue weighted by atomic mass is 10.2. The Morgan fingerprint density at radius 2 is 2.33 bits per heavy atom. The van der Waals surface area contributed by atoms with Crippen LogP contribution in [0.5, 0.6) is 0 Å². The third-order valence-corrected chi connectivity index (χ3v) is 4.85. The highest BCUT2D eigenvalue weighted by Gasteiger charge is 2.30. The van der Waals surface area contributed by atoms with Crippen molar-refractivity contribution in [2.24, 2.45) is 0 Å². The smallest absolute Gasteiger partial charge is 0.283 e. The summed E-state index contributed by atoms with van der Waals surface area (Å²) < 4.78 is 0.152. The molecule has 80 valence electrons. The summed E-state index contributed by atoms with van der Waals surface area (Å²) in [6, 6.07) is 0. The number of hydrogen-bond donors (Lipinski definition) is 0. The highest BCUT2D eigenvalue weighted by atomic mass is 127. The van der Waals surface area contributed by atoms with Crippen LogP contribution in [0.15, 0.2) is 0 Å². The molecule has 0 unspecified atom stereocenters. The van der Waals surface area contributed by atoms with E-state index in [0.717, 1.165) is 25.4 Å². The fourth-order valence-electron chi connectivity index (χ4n) is 1.87. The number of aromatic nitrogens is 1. The molecule has 0 saturated heterocycles. The van der Waals surface area contributed by atoms with Crippen molar-refractivity contribution in [1.29, 1.82) is 0 Å². The van der Waals surface area contributed by atoms with Gasteiger partial charge in [0.25, 0.3) is 3.91 Å². The molecule has 0 spiro atoms. The van der Waals surface area contributed by atoms with Gasteiger partial charge in [-0.25, -0.2) is 4.98 Å². The summed E-state index contributed by atoms with van der Waals surface area (Å²) in [6.45, 7) is 1.62. The van der Waals surface area contributed by atoms with Gasteiger partial charge in [0.05, 0.1) is 17.2 Å². The van der Waals surface area contributed by atoms with E-state index in [-0.39, 0.29) is 3.91 Å². The van der Waals surface area contributed by atoms with Crippen molar-refractivity contribution < 1.29 is 4.79 Å². The number of nitrogens with zero attached hydrogens (tertiary/aromatic N) is 2. The van der Waals surface area contributed by atoms with Gasteiger partial charge in [-0.05, 0) is 12.8 Å². The quantitative estimate of drug-likeness (QED) is 0.449. The SMILES string of the molecule is O=C(I)N1CCc2nc(C3CC3)sc2C1. The second-order valence-electron chi connectivity index (χ2n) is 4.12. The predicted octanol–water partition coefficient (Wildman–Crippen LogP) is 2.93. The zero-order valence-electron chi connectivity index (χ0n) is 8.20. The van der Waals surface area contributed by atoms with Crippen LogP contribution < -0.4 is 0 Å². The molecule has 15 heavy (non-hydrogen) atoms. The fraction of sp³-hybridized carbons (Fsp3) is 0.600. The minimum Gasteiger partial charge on any atom is -0.329 e. The number of amides is 1. The molecule has 2 heterocycles. The first-order valence-corrected chi connectivity index (χ1v) is 7.06. The fourth-order valence-corrected chi connectivity index (χ4v) is 3.58. The first kappa shape index (κ1) is 10.0. The molecule has 1 amide bonds. The minimum atomic E-state index is 0.152. The lowest BCUT2D eigenvalue weighted by Crippen LogP contribution is -2.31. The molecule has 1 aromatic heterocycles. The average Bonchev–Trinajstić information content (AvgIpc) is 2.97. The molecule has 0 bridgehead atoms. The predicted molar refractivity (Wildman–Crippen MR) is 67.6 cm³/mol. The van der Waals surface area contributed by atoms with E-state index in [1.807, 2.05) is 38.8 Å². The van der Waals surface area contributed by atoms with Crippen LogP contribution in [0.4, 0.5) is 4.79 Å². The molecule has 1 aliphatic carbocycles. The molecule has 3 rings (SSSR count). The number of carbonyl (C=O) groups excluding carboxylic acids is 1. The number of halogens is 1. The third-order valence-electron chi connectivity index (χ3n) is 2.92. The molecule has 0 atom stereocenters. The van der Waals surface area contributed by atoms with E-state index in [4.69, 9.17) is 0 Å². The number of carbonyl (C=O) groups is 1. The summed E-state index contributed by atoms with van der Waals surface area (Å²) >= 11 is 3.68. The summed E-state index contributed by atoms with van der Waals surface area (Å²) in [5.74, 6) is 0.740. The van der Waals surface area contributed by atoms with E-state index >= 15 is 0 Å². The molecule has 3 nitrogen and oxygen atoms in total. The Balaban J connectivity index is 1.85. The van der Waals surface area contributed by atoms with Gasteiger partial charge in [0.15, 0.2) is 0 Å². The van der Waals surface area contributed by atoms with E-state index in [1.165, 1.54) is 28.4 Å². The van der Waals surface area contributed by atoms with Gasteiger partial charge in [0, 0.05) is 46.4 Å². The van der Waals surface area contributed by atoms with E-state index in [1.54, 1.807) is 0 Å². The molecule has 1 fully saturated rings. The lowest BCUT2D eigenvalue weighted by molar-refractivity contribution is 0.221. The number of rotatable bonds is 1. The number of thiazole rings is 1.